The van der Waals surface area contributed by atoms with E-state index < -0.39 is 17.6 Å². The molecule has 0 bridgehead atoms. The zero-order chi connectivity index (χ0) is 21.1. The Bertz CT molecular complexity index is 1040. The van der Waals surface area contributed by atoms with Crippen LogP contribution in [-0.2, 0) is 10.9 Å². The van der Waals surface area contributed by atoms with Gasteiger partial charge in [-0.05, 0) is 18.2 Å². The second-order valence-electron chi connectivity index (χ2n) is 6.99. The summed E-state index contributed by atoms with van der Waals surface area (Å²) in [5.74, 6) is -0.375. The summed E-state index contributed by atoms with van der Waals surface area (Å²) in [6, 6.07) is 10.3. The largest absolute Gasteiger partial charge is 0.417 e. The fourth-order valence-corrected chi connectivity index (χ4v) is 3.56. The zero-order valence-electron chi connectivity index (χ0n) is 16.2. The SMILES string of the molecule is O=C(NCCN1CCOCC1)c1nc(-c2ccccc2C(F)(F)F)c2ccccn12. The van der Waals surface area contributed by atoms with Crippen LogP contribution in [0.15, 0.2) is 48.7 Å². The lowest BCUT2D eigenvalue weighted by molar-refractivity contribution is -0.137. The molecule has 9 heteroatoms. The number of nitrogens with one attached hydrogen (secondary N) is 1. The van der Waals surface area contributed by atoms with Crippen LogP contribution in [0.1, 0.15) is 16.2 Å². The van der Waals surface area contributed by atoms with E-state index in [2.05, 4.69) is 15.2 Å². The number of morpholine rings is 1. The first-order valence-corrected chi connectivity index (χ1v) is 9.67. The summed E-state index contributed by atoms with van der Waals surface area (Å²) in [6.07, 6.45) is -2.90. The molecule has 1 amide bonds. The first kappa shape index (κ1) is 20.4. The number of rotatable bonds is 5. The Balaban J connectivity index is 1.62. The highest BCUT2D eigenvalue weighted by atomic mass is 19.4. The van der Waals surface area contributed by atoms with Crippen LogP contribution in [0.2, 0.25) is 0 Å². The molecule has 3 aromatic rings. The minimum Gasteiger partial charge on any atom is -0.379 e. The van der Waals surface area contributed by atoms with E-state index >= 15 is 0 Å². The molecule has 4 rings (SSSR count). The maximum Gasteiger partial charge on any atom is 0.417 e. The number of pyridine rings is 1. The second kappa shape index (κ2) is 8.45. The van der Waals surface area contributed by atoms with E-state index in [1.54, 1.807) is 24.4 Å². The maximum absolute atomic E-state index is 13.5. The molecule has 0 saturated carbocycles. The first-order chi connectivity index (χ1) is 14.4. The molecule has 0 atom stereocenters. The van der Waals surface area contributed by atoms with Crippen LogP contribution in [0.25, 0.3) is 16.8 Å². The van der Waals surface area contributed by atoms with Crippen molar-refractivity contribution in [2.45, 2.75) is 6.18 Å². The van der Waals surface area contributed by atoms with Crippen molar-refractivity contribution in [3.63, 3.8) is 0 Å². The van der Waals surface area contributed by atoms with Gasteiger partial charge in [0.05, 0.1) is 30.0 Å². The van der Waals surface area contributed by atoms with E-state index in [-0.39, 0.29) is 17.1 Å². The van der Waals surface area contributed by atoms with Crippen LogP contribution in [0.5, 0.6) is 0 Å². The number of carbonyl (C=O) groups excluding carboxylic acids is 1. The summed E-state index contributed by atoms with van der Waals surface area (Å²) in [6.45, 7) is 4.03. The molecular formula is C21H21F3N4O2. The van der Waals surface area contributed by atoms with Gasteiger partial charge in [-0.3, -0.25) is 14.1 Å². The van der Waals surface area contributed by atoms with Crippen molar-refractivity contribution in [2.24, 2.45) is 0 Å². The van der Waals surface area contributed by atoms with Gasteiger partial charge in [-0.2, -0.15) is 13.2 Å². The van der Waals surface area contributed by atoms with Gasteiger partial charge in [0.2, 0.25) is 5.82 Å². The van der Waals surface area contributed by atoms with Gasteiger partial charge in [-0.15, -0.1) is 0 Å². The maximum atomic E-state index is 13.5. The van der Waals surface area contributed by atoms with Crippen molar-refractivity contribution in [3.8, 4) is 11.3 Å². The van der Waals surface area contributed by atoms with E-state index in [0.29, 0.717) is 31.8 Å². The number of aromatic nitrogens is 2. The van der Waals surface area contributed by atoms with Gasteiger partial charge in [-0.25, -0.2) is 4.98 Å². The zero-order valence-corrected chi connectivity index (χ0v) is 16.2. The molecule has 1 fully saturated rings. The number of nitrogens with zero attached hydrogens (tertiary/aromatic N) is 3. The molecule has 158 valence electrons. The highest BCUT2D eigenvalue weighted by Crippen LogP contribution is 2.38. The van der Waals surface area contributed by atoms with Crippen LogP contribution in [0.3, 0.4) is 0 Å². The number of alkyl halides is 3. The van der Waals surface area contributed by atoms with E-state index in [1.165, 1.54) is 22.6 Å². The van der Waals surface area contributed by atoms with Crippen molar-refractivity contribution in [2.75, 3.05) is 39.4 Å². The number of hydrogen-bond donors (Lipinski definition) is 1. The monoisotopic (exact) mass is 418 g/mol. The van der Waals surface area contributed by atoms with E-state index in [1.807, 2.05) is 0 Å². The molecule has 0 spiro atoms. The molecule has 1 aliphatic heterocycles. The molecule has 30 heavy (non-hydrogen) atoms. The molecule has 1 N–H and O–H groups in total. The lowest BCUT2D eigenvalue weighted by Crippen LogP contribution is -2.41. The molecule has 0 aliphatic carbocycles. The molecular weight excluding hydrogens is 397 g/mol. The predicted octanol–water partition coefficient (Wildman–Crippen LogP) is 3.08. The number of carbonyl (C=O) groups is 1. The molecule has 1 aliphatic rings. The van der Waals surface area contributed by atoms with Crippen LogP contribution >= 0.6 is 0 Å². The molecule has 1 saturated heterocycles. The quantitative estimate of drug-likeness (QED) is 0.692. The normalized spacial score (nSPS) is 15.4. The topological polar surface area (TPSA) is 58.9 Å². The fraction of sp³-hybridized carbons (Fsp3) is 0.333. The van der Waals surface area contributed by atoms with Crippen molar-refractivity contribution >= 4 is 11.4 Å². The minimum atomic E-state index is -4.53. The number of hydrogen-bond acceptors (Lipinski definition) is 4. The first-order valence-electron chi connectivity index (χ1n) is 9.67. The molecule has 0 radical (unpaired) electrons. The Hall–Kier alpha value is -2.91. The van der Waals surface area contributed by atoms with Crippen molar-refractivity contribution in [1.29, 1.82) is 0 Å². The average molecular weight is 418 g/mol. The van der Waals surface area contributed by atoms with Gasteiger partial charge < -0.3 is 10.1 Å². The molecule has 2 aromatic heterocycles. The number of benzene rings is 1. The van der Waals surface area contributed by atoms with Crippen molar-refractivity contribution in [3.05, 3.63) is 60.0 Å². The summed E-state index contributed by atoms with van der Waals surface area (Å²) in [5.41, 5.74) is -0.274. The fourth-order valence-electron chi connectivity index (χ4n) is 3.56. The lowest BCUT2D eigenvalue weighted by Gasteiger charge is -2.26. The van der Waals surface area contributed by atoms with Gasteiger partial charge >= 0.3 is 6.18 Å². The molecule has 3 heterocycles. The van der Waals surface area contributed by atoms with Crippen LogP contribution < -0.4 is 5.32 Å². The number of imidazole rings is 1. The lowest BCUT2D eigenvalue weighted by atomic mass is 10.0. The van der Waals surface area contributed by atoms with Gasteiger partial charge in [-0.1, -0.05) is 24.3 Å². The third-order valence-electron chi connectivity index (χ3n) is 5.06. The Kier molecular flexibility index (Phi) is 5.74. The van der Waals surface area contributed by atoms with Crippen LogP contribution in [0, 0.1) is 0 Å². The minimum absolute atomic E-state index is 0.0546. The summed E-state index contributed by atoms with van der Waals surface area (Å²) < 4.78 is 47.4. The third-order valence-corrected chi connectivity index (χ3v) is 5.06. The smallest absolute Gasteiger partial charge is 0.379 e. The highest BCUT2D eigenvalue weighted by molar-refractivity contribution is 5.94. The summed E-state index contributed by atoms with van der Waals surface area (Å²) in [7, 11) is 0. The summed E-state index contributed by atoms with van der Waals surface area (Å²) >= 11 is 0. The van der Waals surface area contributed by atoms with Crippen LogP contribution in [0.4, 0.5) is 13.2 Å². The Morgan fingerprint density at radius 2 is 1.83 bits per heavy atom. The van der Waals surface area contributed by atoms with Gasteiger partial charge in [0.25, 0.3) is 5.91 Å². The standard InChI is InChI=1S/C21H21F3N4O2/c22-21(23,24)16-6-2-1-5-15(16)18-17-7-3-4-9-28(17)19(26-18)20(29)25-8-10-27-11-13-30-14-12-27/h1-7,9H,8,10-14H2,(H,25,29). The van der Waals surface area contributed by atoms with Crippen molar-refractivity contribution in [1.82, 2.24) is 19.6 Å². The number of amides is 1. The third kappa shape index (κ3) is 4.17. The molecule has 0 unspecified atom stereocenters. The molecule has 6 nitrogen and oxygen atoms in total. The number of halogens is 3. The number of ether oxygens (including phenoxy) is 1. The van der Waals surface area contributed by atoms with Gasteiger partial charge in [0, 0.05) is 37.9 Å². The van der Waals surface area contributed by atoms with E-state index in [9.17, 15) is 18.0 Å². The Labute approximate surface area is 171 Å². The molecule has 1 aromatic carbocycles. The average Bonchev–Trinajstić information content (AvgIpc) is 3.14. The van der Waals surface area contributed by atoms with Gasteiger partial charge in [0.15, 0.2) is 0 Å². The van der Waals surface area contributed by atoms with E-state index in [0.717, 1.165) is 19.2 Å². The summed E-state index contributed by atoms with van der Waals surface area (Å²) in [5, 5.41) is 2.82. The Morgan fingerprint density at radius 1 is 1.10 bits per heavy atom. The van der Waals surface area contributed by atoms with Crippen molar-refractivity contribution < 1.29 is 22.7 Å². The van der Waals surface area contributed by atoms with E-state index in [4.69, 9.17) is 4.74 Å². The second-order valence-corrected chi connectivity index (χ2v) is 6.99. The van der Waals surface area contributed by atoms with Gasteiger partial charge in [0.1, 0.15) is 0 Å². The van der Waals surface area contributed by atoms with Crippen LogP contribution in [-0.4, -0.2) is 59.6 Å². The summed E-state index contributed by atoms with van der Waals surface area (Å²) in [4.78, 5) is 19.3. The predicted molar refractivity (Wildman–Crippen MR) is 105 cm³/mol. The Morgan fingerprint density at radius 3 is 2.60 bits per heavy atom. The highest BCUT2D eigenvalue weighted by Gasteiger charge is 2.34. The number of fused-ring (bicyclic) bond motifs is 1.